The fraction of sp³-hybridized carbons (Fsp3) is 0.600. The van der Waals surface area contributed by atoms with Crippen molar-refractivity contribution < 1.29 is 9.47 Å². The van der Waals surface area contributed by atoms with Crippen LogP contribution in [0, 0.1) is 0 Å². The number of nitrogens with two attached hydrogens (primary N) is 1. The highest BCUT2D eigenvalue weighted by Gasteiger charge is 2.22. The summed E-state index contributed by atoms with van der Waals surface area (Å²) in [6.45, 7) is 6.90. The Morgan fingerprint density at radius 2 is 2.22 bits per heavy atom. The Labute approximate surface area is 109 Å². The van der Waals surface area contributed by atoms with Crippen molar-refractivity contribution >= 4 is 0 Å². The average Bonchev–Trinajstić information content (AvgIpc) is 2.69. The van der Waals surface area contributed by atoms with E-state index >= 15 is 0 Å². The minimum absolute atomic E-state index is 0.182. The molecule has 0 radical (unpaired) electrons. The van der Waals surface area contributed by atoms with Crippen LogP contribution in [0.3, 0.4) is 0 Å². The predicted octanol–water partition coefficient (Wildman–Crippen LogP) is 2.69. The van der Waals surface area contributed by atoms with Gasteiger partial charge < -0.3 is 15.2 Å². The van der Waals surface area contributed by atoms with Crippen LogP contribution in [-0.2, 0) is 12.8 Å². The van der Waals surface area contributed by atoms with Gasteiger partial charge in [-0.15, -0.1) is 0 Å². The Bertz CT molecular complexity index is 417. The highest BCUT2D eigenvalue weighted by molar-refractivity contribution is 5.49. The first kappa shape index (κ1) is 13.2. The highest BCUT2D eigenvalue weighted by atomic mass is 16.5. The van der Waals surface area contributed by atoms with Crippen molar-refractivity contribution in [1.82, 2.24) is 0 Å². The first-order valence-electron chi connectivity index (χ1n) is 6.84. The summed E-state index contributed by atoms with van der Waals surface area (Å²) in [7, 11) is 0. The molecule has 1 aromatic carbocycles. The van der Waals surface area contributed by atoms with Gasteiger partial charge in [0.05, 0.1) is 6.61 Å². The van der Waals surface area contributed by atoms with Crippen LogP contribution in [0.15, 0.2) is 12.1 Å². The first-order chi connectivity index (χ1) is 8.63. The number of fused-ring (bicyclic) bond motifs is 1. The number of benzene rings is 1. The zero-order valence-electron chi connectivity index (χ0n) is 11.5. The van der Waals surface area contributed by atoms with Gasteiger partial charge in [0.1, 0.15) is 17.6 Å². The molecule has 0 saturated carbocycles. The molecule has 0 aromatic heterocycles. The second-order valence-corrected chi connectivity index (χ2v) is 5.01. The minimum Gasteiger partial charge on any atom is -0.494 e. The Morgan fingerprint density at radius 3 is 2.89 bits per heavy atom. The van der Waals surface area contributed by atoms with Crippen molar-refractivity contribution in [2.45, 2.75) is 52.2 Å². The van der Waals surface area contributed by atoms with Crippen LogP contribution in [0.4, 0.5) is 0 Å². The molecular formula is C15H23NO2. The molecule has 0 aliphatic carbocycles. The summed E-state index contributed by atoms with van der Waals surface area (Å²) in [5.41, 5.74) is 8.46. The molecule has 0 bridgehead atoms. The van der Waals surface area contributed by atoms with E-state index in [0.717, 1.165) is 30.8 Å². The molecular weight excluding hydrogens is 226 g/mol. The van der Waals surface area contributed by atoms with E-state index in [1.54, 1.807) is 0 Å². The maximum atomic E-state index is 6.05. The van der Waals surface area contributed by atoms with Gasteiger partial charge in [-0.25, -0.2) is 0 Å². The van der Waals surface area contributed by atoms with Crippen molar-refractivity contribution in [2.75, 3.05) is 6.61 Å². The molecule has 1 heterocycles. The smallest absolute Gasteiger partial charge is 0.123 e. The van der Waals surface area contributed by atoms with Crippen LogP contribution in [-0.4, -0.2) is 18.8 Å². The Morgan fingerprint density at radius 1 is 1.44 bits per heavy atom. The van der Waals surface area contributed by atoms with Crippen LogP contribution >= 0.6 is 0 Å². The first-order valence-corrected chi connectivity index (χ1v) is 6.84. The molecule has 3 heteroatoms. The Hall–Kier alpha value is -1.22. The summed E-state index contributed by atoms with van der Waals surface area (Å²) in [6.07, 6.45) is 3.05. The van der Waals surface area contributed by atoms with Gasteiger partial charge in [-0.3, -0.25) is 0 Å². The number of ether oxygens (including phenoxy) is 2. The molecule has 2 N–H and O–H groups in total. The maximum Gasteiger partial charge on any atom is 0.123 e. The lowest BCUT2D eigenvalue weighted by molar-refractivity contribution is 0.254. The summed E-state index contributed by atoms with van der Waals surface area (Å²) >= 11 is 0. The van der Waals surface area contributed by atoms with Gasteiger partial charge in [0, 0.05) is 18.0 Å². The zero-order chi connectivity index (χ0) is 13.1. The number of rotatable bonds is 5. The van der Waals surface area contributed by atoms with Crippen molar-refractivity contribution in [3.05, 3.63) is 23.3 Å². The van der Waals surface area contributed by atoms with Crippen molar-refractivity contribution in [3.8, 4) is 11.5 Å². The van der Waals surface area contributed by atoms with Crippen LogP contribution < -0.4 is 15.2 Å². The monoisotopic (exact) mass is 249 g/mol. The second kappa shape index (κ2) is 5.61. The third-order valence-electron chi connectivity index (χ3n) is 3.39. The fourth-order valence-corrected chi connectivity index (χ4v) is 2.36. The fourth-order valence-electron chi connectivity index (χ4n) is 2.36. The van der Waals surface area contributed by atoms with Gasteiger partial charge >= 0.3 is 0 Å². The van der Waals surface area contributed by atoms with Crippen molar-refractivity contribution in [1.29, 1.82) is 0 Å². The minimum atomic E-state index is 0.182. The topological polar surface area (TPSA) is 44.5 Å². The molecule has 1 aromatic rings. The molecule has 0 saturated heterocycles. The summed E-state index contributed by atoms with van der Waals surface area (Å²) in [5.74, 6) is 1.97. The predicted molar refractivity (Wildman–Crippen MR) is 73.4 cm³/mol. The normalized spacial score (nSPS) is 19.2. The third kappa shape index (κ3) is 2.78. The Balaban J connectivity index is 2.29. The van der Waals surface area contributed by atoms with Crippen LogP contribution in [0.5, 0.6) is 11.5 Å². The summed E-state index contributed by atoms with van der Waals surface area (Å²) in [5, 5.41) is 0. The maximum absolute atomic E-state index is 6.05. The molecule has 18 heavy (non-hydrogen) atoms. The van der Waals surface area contributed by atoms with Crippen LogP contribution in [0.1, 0.15) is 38.3 Å². The van der Waals surface area contributed by atoms with E-state index in [-0.39, 0.29) is 12.1 Å². The SMILES string of the molecule is CCOc1cc2c(cc1CC(N)CC)OC(C)C2. The quantitative estimate of drug-likeness (QED) is 0.872. The van der Waals surface area contributed by atoms with E-state index < -0.39 is 0 Å². The molecule has 2 unspecified atom stereocenters. The number of hydrogen-bond donors (Lipinski definition) is 1. The lowest BCUT2D eigenvalue weighted by Crippen LogP contribution is -2.21. The number of hydrogen-bond acceptors (Lipinski definition) is 3. The van der Waals surface area contributed by atoms with E-state index in [0.29, 0.717) is 6.61 Å². The van der Waals surface area contributed by atoms with Gasteiger partial charge in [-0.05, 0) is 44.4 Å². The lowest BCUT2D eigenvalue weighted by atomic mass is 10.0. The molecule has 2 rings (SSSR count). The third-order valence-corrected chi connectivity index (χ3v) is 3.39. The van der Waals surface area contributed by atoms with Crippen molar-refractivity contribution in [2.24, 2.45) is 5.73 Å². The van der Waals surface area contributed by atoms with Gasteiger partial charge in [0.15, 0.2) is 0 Å². The van der Waals surface area contributed by atoms with E-state index in [2.05, 4.69) is 26.0 Å². The highest BCUT2D eigenvalue weighted by Crippen LogP contribution is 2.35. The van der Waals surface area contributed by atoms with E-state index in [1.165, 1.54) is 11.1 Å². The molecule has 0 spiro atoms. The molecule has 2 atom stereocenters. The summed E-state index contributed by atoms with van der Waals surface area (Å²) < 4.78 is 11.5. The van der Waals surface area contributed by atoms with Crippen molar-refractivity contribution in [3.63, 3.8) is 0 Å². The molecule has 100 valence electrons. The Kier molecular flexibility index (Phi) is 4.12. The molecule has 3 nitrogen and oxygen atoms in total. The summed E-state index contributed by atoms with van der Waals surface area (Å²) in [4.78, 5) is 0. The van der Waals surface area contributed by atoms with Gasteiger partial charge in [0.25, 0.3) is 0 Å². The molecule has 0 fully saturated rings. The molecule has 0 amide bonds. The lowest BCUT2D eigenvalue weighted by Gasteiger charge is -2.15. The van der Waals surface area contributed by atoms with Crippen LogP contribution in [0.25, 0.3) is 0 Å². The van der Waals surface area contributed by atoms with E-state index in [9.17, 15) is 0 Å². The molecule has 1 aliphatic rings. The van der Waals surface area contributed by atoms with Gasteiger partial charge in [-0.1, -0.05) is 6.92 Å². The average molecular weight is 249 g/mol. The van der Waals surface area contributed by atoms with E-state index in [1.807, 2.05) is 6.92 Å². The second-order valence-electron chi connectivity index (χ2n) is 5.01. The largest absolute Gasteiger partial charge is 0.494 e. The standard InChI is InChI=1S/C15H23NO2/c1-4-13(16)7-12-9-15-11(6-10(3)18-15)8-14(12)17-5-2/h8-10,13H,4-7,16H2,1-3H3. The van der Waals surface area contributed by atoms with Gasteiger partial charge in [0.2, 0.25) is 0 Å². The summed E-state index contributed by atoms with van der Waals surface area (Å²) in [6, 6.07) is 4.42. The molecule has 1 aliphatic heterocycles. The zero-order valence-corrected chi connectivity index (χ0v) is 11.5. The van der Waals surface area contributed by atoms with Gasteiger partial charge in [-0.2, -0.15) is 0 Å². The van der Waals surface area contributed by atoms with E-state index in [4.69, 9.17) is 15.2 Å². The van der Waals surface area contributed by atoms with Crippen LogP contribution in [0.2, 0.25) is 0 Å².